The van der Waals surface area contributed by atoms with Crippen molar-refractivity contribution < 1.29 is 18.8 Å². The van der Waals surface area contributed by atoms with Gasteiger partial charge in [0.1, 0.15) is 11.9 Å². The summed E-state index contributed by atoms with van der Waals surface area (Å²) in [6, 6.07) is 4.90. The number of hydrogen-bond donors (Lipinski definition) is 2. The van der Waals surface area contributed by atoms with Gasteiger partial charge >= 0.3 is 6.03 Å². The minimum atomic E-state index is -0.596. The third-order valence-corrected chi connectivity index (χ3v) is 6.62. The average molecular weight is 461 g/mol. The van der Waals surface area contributed by atoms with E-state index in [0.717, 1.165) is 37.9 Å². The number of likely N-dealkylation sites (tertiary alicyclic amines) is 2. The van der Waals surface area contributed by atoms with Crippen LogP contribution in [0.3, 0.4) is 0 Å². The van der Waals surface area contributed by atoms with Gasteiger partial charge < -0.3 is 20.4 Å². The van der Waals surface area contributed by atoms with E-state index < -0.39 is 12.1 Å². The third kappa shape index (κ3) is 7.44. The van der Waals surface area contributed by atoms with Crippen LogP contribution in [0.5, 0.6) is 0 Å². The van der Waals surface area contributed by atoms with Gasteiger partial charge in [-0.05, 0) is 49.8 Å². The van der Waals surface area contributed by atoms with Crippen LogP contribution < -0.4 is 10.6 Å². The summed E-state index contributed by atoms with van der Waals surface area (Å²) < 4.78 is 13.0. The van der Waals surface area contributed by atoms with Crippen molar-refractivity contribution in [3.8, 4) is 0 Å². The van der Waals surface area contributed by atoms with Crippen molar-refractivity contribution in [3.63, 3.8) is 0 Å². The molecular weight excluding hydrogens is 423 g/mol. The van der Waals surface area contributed by atoms with Gasteiger partial charge in [-0.25, -0.2) is 9.18 Å². The second-order valence-corrected chi connectivity index (χ2v) is 9.13. The van der Waals surface area contributed by atoms with Gasteiger partial charge in [-0.2, -0.15) is 0 Å². The molecule has 0 bridgehead atoms. The molecule has 2 fully saturated rings. The Kier molecular flexibility index (Phi) is 9.51. The molecule has 7 nitrogen and oxygen atoms in total. The van der Waals surface area contributed by atoms with Gasteiger partial charge in [0.25, 0.3) is 0 Å². The Hall–Kier alpha value is -2.64. The summed E-state index contributed by atoms with van der Waals surface area (Å²) in [4.78, 5) is 42.2. The predicted molar refractivity (Wildman–Crippen MR) is 125 cm³/mol. The lowest BCUT2D eigenvalue weighted by molar-refractivity contribution is -0.141. The van der Waals surface area contributed by atoms with E-state index in [4.69, 9.17) is 0 Å². The number of carbonyl (C=O) groups is 3. The summed E-state index contributed by atoms with van der Waals surface area (Å²) in [5.74, 6) is -0.181. The molecule has 8 heteroatoms. The normalized spacial score (nSPS) is 18.4. The Balaban J connectivity index is 1.47. The van der Waals surface area contributed by atoms with E-state index in [1.165, 1.54) is 25.0 Å². The second-order valence-electron chi connectivity index (χ2n) is 9.13. The van der Waals surface area contributed by atoms with E-state index in [1.54, 1.807) is 17.0 Å². The Labute approximate surface area is 196 Å². The number of nitrogens with one attached hydrogen (secondary N) is 2. The molecule has 0 saturated carbocycles. The molecule has 0 aliphatic carbocycles. The van der Waals surface area contributed by atoms with E-state index in [9.17, 15) is 18.8 Å². The fraction of sp³-hybridized carbons (Fsp3) is 0.640. The molecule has 33 heavy (non-hydrogen) atoms. The summed E-state index contributed by atoms with van der Waals surface area (Å²) in [5, 5.41) is 5.53. The maximum Gasteiger partial charge on any atom is 0.315 e. The number of halogens is 1. The van der Waals surface area contributed by atoms with Crippen LogP contribution in [0.4, 0.5) is 9.18 Å². The number of nitrogens with zero attached hydrogens (tertiary/aromatic N) is 2. The highest BCUT2D eigenvalue weighted by Gasteiger charge is 2.33. The molecule has 2 aliphatic heterocycles. The van der Waals surface area contributed by atoms with Crippen LogP contribution in [0.25, 0.3) is 0 Å². The van der Waals surface area contributed by atoms with Crippen molar-refractivity contribution in [3.05, 3.63) is 35.6 Å². The Morgan fingerprint density at radius 2 is 1.61 bits per heavy atom. The number of piperidine rings is 1. The molecule has 1 aromatic carbocycles. The van der Waals surface area contributed by atoms with Crippen LogP contribution in [0.2, 0.25) is 0 Å². The molecule has 2 N–H and O–H groups in total. The Morgan fingerprint density at radius 3 is 2.21 bits per heavy atom. The maximum atomic E-state index is 13.1. The number of carbonyl (C=O) groups excluding carboxylic acids is 3. The van der Waals surface area contributed by atoms with E-state index in [1.807, 2.05) is 11.8 Å². The smallest absolute Gasteiger partial charge is 0.315 e. The number of benzene rings is 1. The van der Waals surface area contributed by atoms with Gasteiger partial charge in [-0.1, -0.05) is 38.3 Å². The summed E-state index contributed by atoms with van der Waals surface area (Å²) >= 11 is 0. The van der Waals surface area contributed by atoms with Crippen LogP contribution in [0.1, 0.15) is 63.9 Å². The van der Waals surface area contributed by atoms with Crippen molar-refractivity contribution in [1.82, 2.24) is 20.4 Å². The lowest BCUT2D eigenvalue weighted by Crippen LogP contribution is -2.53. The van der Waals surface area contributed by atoms with Crippen LogP contribution in [-0.4, -0.2) is 59.9 Å². The first-order valence-electron chi connectivity index (χ1n) is 12.3. The van der Waals surface area contributed by atoms with Crippen molar-refractivity contribution in [2.75, 3.05) is 26.2 Å². The van der Waals surface area contributed by atoms with Gasteiger partial charge in [0.05, 0.1) is 0 Å². The zero-order valence-corrected chi connectivity index (χ0v) is 19.7. The molecule has 0 aromatic heterocycles. The molecule has 1 atom stereocenters. The van der Waals surface area contributed by atoms with Gasteiger partial charge in [-0.15, -0.1) is 0 Å². The Bertz CT molecular complexity index is 785. The van der Waals surface area contributed by atoms with Crippen LogP contribution >= 0.6 is 0 Å². The molecule has 0 radical (unpaired) electrons. The van der Waals surface area contributed by atoms with Crippen molar-refractivity contribution >= 4 is 17.8 Å². The number of amides is 4. The third-order valence-electron chi connectivity index (χ3n) is 6.62. The van der Waals surface area contributed by atoms with E-state index in [0.29, 0.717) is 32.4 Å². The van der Waals surface area contributed by atoms with E-state index >= 15 is 0 Å². The highest BCUT2D eigenvalue weighted by molar-refractivity contribution is 5.87. The van der Waals surface area contributed by atoms with Gasteiger partial charge in [0.15, 0.2) is 0 Å². The molecule has 2 saturated heterocycles. The standard InChI is InChI=1S/C25H37FN4O3/c1-2-7-22(28-25(33)27-18-19-8-10-21(26)11-9-19)24(32)30-16-12-20(13-17-30)23(31)29-14-5-3-4-6-15-29/h8-11,20,22H,2-7,12-18H2,1H3,(H2,27,28,33). The number of hydrogen-bond acceptors (Lipinski definition) is 3. The van der Waals surface area contributed by atoms with Crippen molar-refractivity contribution in [2.24, 2.45) is 5.92 Å². The van der Waals surface area contributed by atoms with Crippen molar-refractivity contribution in [1.29, 1.82) is 0 Å². The SMILES string of the molecule is CCCC(NC(=O)NCc1ccc(F)cc1)C(=O)N1CCC(C(=O)N2CCCCCC2)CC1. The quantitative estimate of drug-likeness (QED) is 0.654. The molecule has 4 amide bonds. The number of rotatable bonds is 7. The fourth-order valence-corrected chi connectivity index (χ4v) is 4.66. The molecule has 1 unspecified atom stereocenters. The minimum Gasteiger partial charge on any atom is -0.342 e. The van der Waals surface area contributed by atoms with Crippen LogP contribution in [0, 0.1) is 11.7 Å². The summed E-state index contributed by atoms with van der Waals surface area (Å²) in [6.45, 7) is 5.03. The molecule has 2 aliphatic rings. The van der Waals surface area contributed by atoms with Crippen LogP contribution in [0.15, 0.2) is 24.3 Å². The van der Waals surface area contributed by atoms with Crippen LogP contribution in [-0.2, 0) is 16.1 Å². The highest BCUT2D eigenvalue weighted by Crippen LogP contribution is 2.22. The summed E-state index contributed by atoms with van der Waals surface area (Å²) in [7, 11) is 0. The van der Waals surface area contributed by atoms with Gasteiger partial charge in [0, 0.05) is 38.6 Å². The molecule has 2 heterocycles. The lowest BCUT2D eigenvalue weighted by Gasteiger charge is -2.35. The predicted octanol–water partition coefficient (Wildman–Crippen LogP) is 3.43. The summed E-state index contributed by atoms with van der Waals surface area (Å²) in [5.41, 5.74) is 0.779. The largest absolute Gasteiger partial charge is 0.342 e. The molecule has 0 spiro atoms. The summed E-state index contributed by atoms with van der Waals surface area (Å²) in [6.07, 6.45) is 7.22. The van der Waals surface area contributed by atoms with Gasteiger partial charge in [-0.3, -0.25) is 9.59 Å². The average Bonchev–Trinajstić information content (AvgIpc) is 3.12. The lowest BCUT2D eigenvalue weighted by atomic mass is 9.94. The fourth-order valence-electron chi connectivity index (χ4n) is 4.66. The molecule has 182 valence electrons. The number of urea groups is 1. The topological polar surface area (TPSA) is 81.8 Å². The monoisotopic (exact) mass is 460 g/mol. The minimum absolute atomic E-state index is 0.0104. The first kappa shape index (κ1) is 25.0. The molecular formula is C25H37FN4O3. The van der Waals surface area contributed by atoms with Gasteiger partial charge in [0.2, 0.25) is 11.8 Å². The first-order valence-corrected chi connectivity index (χ1v) is 12.3. The second kappa shape index (κ2) is 12.6. The Morgan fingerprint density at radius 1 is 0.970 bits per heavy atom. The van der Waals surface area contributed by atoms with E-state index in [-0.39, 0.29) is 30.1 Å². The first-order chi connectivity index (χ1) is 16.0. The van der Waals surface area contributed by atoms with Crippen molar-refractivity contribution in [2.45, 2.75) is 70.9 Å². The van der Waals surface area contributed by atoms with E-state index in [2.05, 4.69) is 10.6 Å². The molecule has 3 rings (SSSR count). The molecule has 1 aromatic rings. The highest BCUT2D eigenvalue weighted by atomic mass is 19.1. The maximum absolute atomic E-state index is 13.1. The zero-order chi connectivity index (χ0) is 23.6. The zero-order valence-electron chi connectivity index (χ0n) is 19.7.